The number of hydrogen-bond donors (Lipinski definition) is 2. The Labute approximate surface area is 157 Å². The van der Waals surface area contributed by atoms with Gasteiger partial charge in [-0.3, -0.25) is 4.55 Å². The molecule has 2 N–H and O–H groups in total. The number of unbranched alkanes of at least 4 members (excludes halogenated alkanes) is 9. The van der Waals surface area contributed by atoms with E-state index in [0.29, 0.717) is 0 Å². The summed E-state index contributed by atoms with van der Waals surface area (Å²) in [6.45, 7) is 2.23. The van der Waals surface area contributed by atoms with Gasteiger partial charge >= 0.3 is 0 Å². The van der Waals surface area contributed by atoms with E-state index in [4.69, 9.17) is 4.55 Å². The number of benzene rings is 1. The fourth-order valence-electron chi connectivity index (χ4n) is 2.74. The zero-order chi connectivity index (χ0) is 17.1. The monoisotopic (exact) mass is 405 g/mol. The van der Waals surface area contributed by atoms with Gasteiger partial charge in [0.1, 0.15) is 10.6 Å². The largest absolute Gasteiger partial charge is 0.506 e. The molecule has 0 aliphatic carbocycles. The minimum absolute atomic E-state index is 0. The van der Waals surface area contributed by atoms with Gasteiger partial charge in [0.15, 0.2) is 0 Å². The Morgan fingerprint density at radius 1 is 0.875 bits per heavy atom. The summed E-state index contributed by atoms with van der Waals surface area (Å²) in [7, 11) is -4.36. The Kier molecular flexibility index (Phi) is 12.5. The van der Waals surface area contributed by atoms with Gasteiger partial charge in [-0.2, -0.15) is 8.42 Å². The molecule has 4 nitrogen and oxygen atoms in total. The molecule has 24 heavy (non-hydrogen) atoms. The van der Waals surface area contributed by atoms with Crippen LogP contribution in [0.5, 0.6) is 5.75 Å². The summed E-state index contributed by atoms with van der Waals surface area (Å²) in [4.78, 5) is -0.401. The average Bonchev–Trinajstić information content (AvgIpc) is 2.49. The van der Waals surface area contributed by atoms with Crippen LogP contribution in [0.2, 0.25) is 0 Å². The van der Waals surface area contributed by atoms with Crippen LogP contribution in [-0.2, 0) is 33.6 Å². The number of phenols is 1. The molecule has 1 aromatic carbocycles. The van der Waals surface area contributed by atoms with E-state index in [0.717, 1.165) is 24.8 Å². The Bertz CT molecular complexity index is 558. The molecule has 0 heterocycles. The second-order valence-electron chi connectivity index (χ2n) is 6.21. The maximum Gasteiger partial charge on any atom is 0.298 e. The van der Waals surface area contributed by atoms with Crippen molar-refractivity contribution >= 4 is 10.1 Å². The molecule has 6 heteroatoms. The molecule has 0 aliphatic rings. The normalized spacial score (nSPS) is 11.2. The number of aryl methyl sites for hydroxylation is 1. The Hall–Kier alpha value is -0.551. The molecular formula is C18H30CuO4S. The minimum Gasteiger partial charge on any atom is -0.506 e. The molecule has 0 saturated heterocycles. The SMILES string of the molecule is CCCCCCCCCCCCc1ccc(O)c(S(=O)(=O)O)c1.[Cu]. The Morgan fingerprint density at radius 3 is 1.88 bits per heavy atom. The number of rotatable bonds is 12. The standard InChI is InChI=1S/C18H30O4S.Cu/c1-2-3-4-5-6-7-8-9-10-11-12-16-13-14-17(19)18(15-16)23(20,21)22;/h13-15,19H,2-12H2,1H3,(H,20,21,22);. The minimum atomic E-state index is -4.36. The van der Waals surface area contributed by atoms with Crippen LogP contribution < -0.4 is 0 Å². The van der Waals surface area contributed by atoms with Crippen LogP contribution in [0.15, 0.2) is 23.1 Å². The number of aromatic hydroxyl groups is 1. The summed E-state index contributed by atoms with van der Waals surface area (Å²) >= 11 is 0. The van der Waals surface area contributed by atoms with Crippen LogP contribution in [0.25, 0.3) is 0 Å². The third-order valence-corrected chi connectivity index (χ3v) is 5.00. The summed E-state index contributed by atoms with van der Waals surface area (Å²) in [6.07, 6.45) is 13.3. The molecule has 1 radical (unpaired) electrons. The van der Waals surface area contributed by atoms with E-state index in [-0.39, 0.29) is 17.1 Å². The van der Waals surface area contributed by atoms with Gasteiger partial charge in [-0.05, 0) is 30.5 Å². The van der Waals surface area contributed by atoms with Crippen molar-refractivity contribution in [3.63, 3.8) is 0 Å². The molecule has 0 amide bonds. The summed E-state index contributed by atoms with van der Waals surface area (Å²) in [5, 5.41) is 9.48. The number of phenolic OH excluding ortho intramolecular Hbond substituents is 1. The van der Waals surface area contributed by atoms with E-state index < -0.39 is 20.8 Å². The van der Waals surface area contributed by atoms with Gasteiger partial charge in [-0.15, -0.1) is 0 Å². The fourth-order valence-corrected chi connectivity index (χ4v) is 3.37. The summed E-state index contributed by atoms with van der Waals surface area (Å²) in [5.41, 5.74) is 0.829. The van der Waals surface area contributed by atoms with Crippen LogP contribution in [-0.4, -0.2) is 18.1 Å². The van der Waals surface area contributed by atoms with Crippen LogP contribution in [0, 0.1) is 0 Å². The quantitative estimate of drug-likeness (QED) is 0.288. The van der Waals surface area contributed by atoms with Gasteiger partial charge in [0.2, 0.25) is 0 Å². The van der Waals surface area contributed by atoms with Gasteiger partial charge in [0.25, 0.3) is 10.1 Å². The van der Waals surface area contributed by atoms with Crippen molar-refractivity contribution in [2.45, 2.75) is 82.4 Å². The van der Waals surface area contributed by atoms with E-state index >= 15 is 0 Å². The molecule has 0 bridgehead atoms. The molecule has 0 aliphatic heterocycles. The van der Waals surface area contributed by atoms with Crippen LogP contribution in [0.3, 0.4) is 0 Å². The first kappa shape index (κ1) is 23.4. The summed E-state index contributed by atoms with van der Waals surface area (Å²) in [5.74, 6) is -0.403. The van der Waals surface area contributed by atoms with Crippen molar-refractivity contribution in [3.8, 4) is 5.75 Å². The molecule has 1 aromatic rings. The van der Waals surface area contributed by atoms with E-state index in [1.807, 2.05) is 0 Å². The predicted molar refractivity (Wildman–Crippen MR) is 93.5 cm³/mol. The molecule has 0 atom stereocenters. The topological polar surface area (TPSA) is 74.6 Å². The first-order valence-electron chi connectivity index (χ1n) is 8.74. The van der Waals surface area contributed by atoms with Gasteiger partial charge in [0.05, 0.1) is 0 Å². The Balaban J connectivity index is 0.00000529. The fraction of sp³-hybridized carbons (Fsp3) is 0.667. The van der Waals surface area contributed by atoms with Gasteiger partial charge in [0, 0.05) is 17.1 Å². The van der Waals surface area contributed by atoms with Crippen molar-refractivity contribution in [2.24, 2.45) is 0 Å². The predicted octanol–water partition coefficient (Wildman–Crippen LogP) is 5.10. The van der Waals surface area contributed by atoms with E-state index in [1.165, 1.54) is 63.5 Å². The van der Waals surface area contributed by atoms with Crippen molar-refractivity contribution in [1.82, 2.24) is 0 Å². The maximum absolute atomic E-state index is 11.1. The molecule has 143 valence electrons. The van der Waals surface area contributed by atoms with Crippen molar-refractivity contribution < 1.29 is 35.1 Å². The zero-order valence-corrected chi connectivity index (χ0v) is 16.2. The molecule has 1 rings (SSSR count). The summed E-state index contributed by atoms with van der Waals surface area (Å²) in [6, 6.07) is 4.39. The second kappa shape index (κ2) is 12.8. The van der Waals surface area contributed by atoms with Gasteiger partial charge < -0.3 is 5.11 Å². The first-order valence-corrected chi connectivity index (χ1v) is 10.2. The molecule has 0 unspecified atom stereocenters. The van der Waals surface area contributed by atoms with E-state index in [2.05, 4.69) is 6.92 Å². The Morgan fingerprint density at radius 2 is 1.38 bits per heavy atom. The van der Waals surface area contributed by atoms with Crippen molar-refractivity contribution in [3.05, 3.63) is 23.8 Å². The van der Waals surface area contributed by atoms with E-state index in [9.17, 15) is 13.5 Å². The van der Waals surface area contributed by atoms with Crippen LogP contribution >= 0.6 is 0 Å². The second-order valence-corrected chi connectivity index (χ2v) is 7.60. The van der Waals surface area contributed by atoms with Crippen LogP contribution in [0.1, 0.15) is 76.7 Å². The zero-order valence-electron chi connectivity index (χ0n) is 14.4. The average molecular weight is 406 g/mol. The smallest absolute Gasteiger partial charge is 0.298 e. The summed E-state index contributed by atoms with van der Waals surface area (Å²) < 4.78 is 31.3. The van der Waals surface area contributed by atoms with Gasteiger partial charge in [-0.25, -0.2) is 0 Å². The van der Waals surface area contributed by atoms with Crippen molar-refractivity contribution in [1.29, 1.82) is 0 Å². The maximum atomic E-state index is 11.1. The van der Waals surface area contributed by atoms with Crippen LogP contribution in [0.4, 0.5) is 0 Å². The van der Waals surface area contributed by atoms with Crippen molar-refractivity contribution in [2.75, 3.05) is 0 Å². The molecule has 0 aromatic heterocycles. The molecule has 0 saturated carbocycles. The third-order valence-electron chi connectivity index (χ3n) is 4.12. The number of hydrogen-bond acceptors (Lipinski definition) is 3. The van der Waals surface area contributed by atoms with E-state index in [1.54, 1.807) is 6.07 Å². The first-order chi connectivity index (χ1) is 10.9. The third kappa shape index (κ3) is 9.67. The molecular weight excluding hydrogens is 376 g/mol. The van der Waals surface area contributed by atoms with Gasteiger partial charge in [-0.1, -0.05) is 70.8 Å². The molecule has 0 spiro atoms. The molecule has 0 fully saturated rings.